The summed E-state index contributed by atoms with van der Waals surface area (Å²) in [5.74, 6) is 0. The van der Waals surface area contributed by atoms with Gasteiger partial charge in [0.05, 0.1) is 19.3 Å². The summed E-state index contributed by atoms with van der Waals surface area (Å²) in [4.78, 5) is 26.3. The lowest BCUT2D eigenvalue weighted by Crippen LogP contribution is -2.19. The van der Waals surface area contributed by atoms with Crippen LogP contribution in [0.2, 0.25) is 0 Å². The maximum absolute atomic E-state index is 12.4. The molecule has 1 aliphatic heterocycles. The van der Waals surface area contributed by atoms with Crippen LogP contribution in [0.1, 0.15) is 43.7 Å². The van der Waals surface area contributed by atoms with Crippen molar-refractivity contribution in [3.05, 3.63) is 52.1 Å². The maximum Gasteiger partial charge on any atom is 0.328 e. The van der Waals surface area contributed by atoms with Crippen molar-refractivity contribution in [2.45, 2.75) is 45.7 Å². The van der Waals surface area contributed by atoms with E-state index in [2.05, 4.69) is 51.0 Å². The highest BCUT2D eigenvalue weighted by atomic mass is 16.5. The molecule has 1 saturated heterocycles. The molecule has 1 N–H and O–H groups in total. The third-order valence-corrected chi connectivity index (χ3v) is 5.19. The average molecular weight is 381 g/mol. The van der Waals surface area contributed by atoms with Gasteiger partial charge in [0.2, 0.25) is 0 Å². The number of benzene rings is 1. The van der Waals surface area contributed by atoms with Crippen molar-refractivity contribution < 1.29 is 4.74 Å². The second-order valence-electron chi connectivity index (χ2n) is 7.41. The molecule has 0 aliphatic carbocycles. The molecule has 148 valence electrons. The van der Waals surface area contributed by atoms with Crippen LogP contribution in [0.15, 0.2) is 35.3 Å². The minimum absolute atomic E-state index is 0.184. The van der Waals surface area contributed by atoms with Gasteiger partial charge in [-0.15, -0.1) is 0 Å². The number of hydrogen-bond donors (Lipinski definition) is 1. The molecule has 4 rings (SSSR count). The fourth-order valence-corrected chi connectivity index (χ4v) is 3.59. The van der Waals surface area contributed by atoms with Crippen LogP contribution < -0.4 is 10.4 Å². The van der Waals surface area contributed by atoms with Crippen molar-refractivity contribution in [1.29, 1.82) is 0 Å². The Bertz CT molecular complexity index is 971. The van der Waals surface area contributed by atoms with Gasteiger partial charge in [-0.3, -0.25) is 9.47 Å². The van der Waals surface area contributed by atoms with Crippen LogP contribution in [0.4, 0.5) is 0 Å². The molecule has 0 unspecified atom stereocenters. The Hall–Kier alpha value is -2.67. The van der Waals surface area contributed by atoms with Crippen LogP contribution in [0.3, 0.4) is 0 Å². The number of aromatic nitrogens is 4. The first-order valence-corrected chi connectivity index (χ1v) is 10.1. The minimum atomic E-state index is -0.184. The first-order valence-electron chi connectivity index (χ1n) is 10.1. The van der Waals surface area contributed by atoms with E-state index in [1.54, 1.807) is 10.8 Å². The fourth-order valence-electron chi connectivity index (χ4n) is 3.59. The van der Waals surface area contributed by atoms with Gasteiger partial charge in [-0.2, -0.15) is 4.98 Å². The number of likely N-dealkylation sites (tertiary alicyclic amines) is 1. The van der Waals surface area contributed by atoms with Crippen LogP contribution in [0.25, 0.3) is 11.2 Å². The van der Waals surface area contributed by atoms with Crippen molar-refractivity contribution in [1.82, 2.24) is 24.4 Å². The van der Waals surface area contributed by atoms with Gasteiger partial charge in [0.15, 0.2) is 5.65 Å². The van der Waals surface area contributed by atoms with Crippen LogP contribution in [-0.2, 0) is 13.1 Å². The van der Waals surface area contributed by atoms with Gasteiger partial charge >= 0.3 is 11.7 Å². The van der Waals surface area contributed by atoms with E-state index < -0.39 is 0 Å². The summed E-state index contributed by atoms with van der Waals surface area (Å²) in [5, 5.41) is 0. The zero-order valence-electron chi connectivity index (χ0n) is 16.4. The number of unbranched alkanes of at least 4 members (excludes halogenated alkanes) is 1. The quantitative estimate of drug-likeness (QED) is 0.607. The Morgan fingerprint density at radius 2 is 1.82 bits per heavy atom. The molecular weight excluding hydrogens is 354 g/mol. The third-order valence-electron chi connectivity index (χ3n) is 5.19. The molecule has 0 bridgehead atoms. The SMILES string of the molecule is CCCCOc1ncc2[nH]c(=O)n(Cc3ccc(CN4CCCC4)cc3)c2n1. The third kappa shape index (κ3) is 4.25. The number of imidazole rings is 1. The van der Waals surface area contributed by atoms with Crippen LogP contribution in [0, 0.1) is 0 Å². The van der Waals surface area contributed by atoms with Crippen LogP contribution in [0.5, 0.6) is 6.01 Å². The highest BCUT2D eigenvalue weighted by Gasteiger charge is 2.13. The van der Waals surface area contributed by atoms with E-state index in [0.29, 0.717) is 30.3 Å². The number of aromatic amines is 1. The number of nitrogens with zero attached hydrogens (tertiary/aromatic N) is 4. The first-order chi connectivity index (χ1) is 13.7. The largest absolute Gasteiger partial charge is 0.463 e. The topological polar surface area (TPSA) is 76.0 Å². The lowest BCUT2D eigenvalue weighted by molar-refractivity contribution is 0.286. The van der Waals surface area contributed by atoms with Gasteiger partial charge < -0.3 is 9.72 Å². The standard InChI is InChI=1S/C21H27N5O2/c1-2-3-12-28-20-22-13-18-19(24-20)26(21(27)23-18)15-17-8-6-16(7-9-17)14-25-10-4-5-11-25/h6-9,13H,2-5,10-12,14-15H2,1H3,(H,23,27). The molecule has 7 heteroatoms. The van der Waals surface area contributed by atoms with E-state index in [-0.39, 0.29) is 5.69 Å². The number of fused-ring (bicyclic) bond motifs is 1. The smallest absolute Gasteiger partial charge is 0.328 e. The Morgan fingerprint density at radius 3 is 2.54 bits per heavy atom. The zero-order chi connectivity index (χ0) is 19.3. The summed E-state index contributed by atoms with van der Waals surface area (Å²) in [7, 11) is 0. The highest BCUT2D eigenvalue weighted by molar-refractivity contribution is 5.69. The molecule has 3 aromatic rings. The number of hydrogen-bond acceptors (Lipinski definition) is 5. The molecule has 0 saturated carbocycles. The van der Waals surface area contributed by atoms with Crippen molar-refractivity contribution >= 4 is 11.2 Å². The molecule has 0 atom stereocenters. The molecule has 1 aromatic carbocycles. The minimum Gasteiger partial charge on any atom is -0.463 e. The van der Waals surface area contributed by atoms with Crippen molar-refractivity contribution in [2.24, 2.45) is 0 Å². The van der Waals surface area contributed by atoms with Crippen molar-refractivity contribution in [2.75, 3.05) is 19.7 Å². The highest BCUT2D eigenvalue weighted by Crippen LogP contribution is 2.15. The number of H-pyrrole nitrogens is 1. The molecular formula is C21H27N5O2. The molecule has 7 nitrogen and oxygen atoms in total. The van der Waals surface area contributed by atoms with Crippen LogP contribution in [-0.4, -0.2) is 44.1 Å². The normalized spacial score (nSPS) is 14.8. The van der Waals surface area contributed by atoms with E-state index >= 15 is 0 Å². The summed E-state index contributed by atoms with van der Waals surface area (Å²) in [6.45, 7) is 6.53. The summed E-state index contributed by atoms with van der Waals surface area (Å²) < 4.78 is 7.23. The molecule has 2 aromatic heterocycles. The van der Waals surface area contributed by atoms with E-state index in [1.165, 1.54) is 31.5 Å². The number of ether oxygens (including phenoxy) is 1. The van der Waals surface area contributed by atoms with Gasteiger partial charge in [0, 0.05) is 6.54 Å². The molecule has 1 fully saturated rings. The van der Waals surface area contributed by atoms with Crippen molar-refractivity contribution in [3.63, 3.8) is 0 Å². The van der Waals surface area contributed by atoms with Gasteiger partial charge in [-0.05, 0) is 43.5 Å². The Kier molecular flexibility index (Phi) is 5.71. The van der Waals surface area contributed by atoms with Gasteiger partial charge in [-0.1, -0.05) is 37.6 Å². The molecule has 1 aliphatic rings. The van der Waals surface area contributed by atoms with E-state index in [9.17, 15) is 4.79 Å². The summed E-state index contributed by atoms with van der Waals surface area (Å²) in [6, 6.07) is 8.81. The van der Waals surface area contributed by atoms with E-state index in [4.69, 9.17) is 4.74 Å². The molecule has 28 heavy (non-hydrogen) atoms. The predicted octanol–water partition coefficient (Wildman–Crippen LogP) is 2.94. The maximum atomic E-state index is 12.4. The monoisotopic (exact) mass is 381 g/mol. The van der Waals surface area contributed by atoms with Gasteiger partial charge in [0.25, 0.3) is 0 Å². The average Bonchev–Trinajstić information content (AvgIpc) is 3.32. The summed E-state index contributed by atoms with van der Waals surface area (Å²) in [6.07, 6.45) is 6.21. The summed E-state index contributed by atoms with van der Waals surface area (Å²) >= 11 is 0. The number of rotatable bonds is 8. The van der Waals surface area contributed by atoms with Gasteiger partial charge in [-0.25, -0.2) is 9.78 Å². The summed E-state index contributed by atoms with van der Waals surface area (Å²) in [5.41, 5.74) is 3.40. The number of nitrogens with one attached hydrogen (secondary N) is 1. The molecule has 0 radical (unpaired) electrons. The second kappa shape index (κ2) is 8.56. The Balaban J connectivity index is 1.50. The Labute approximate surface area is 164 Å². The fraction of sp³-hybridized carbons (Fsp3) is 0.476. The van der Waals surface area contributed by atoms with Gasteiger partial charge in [0.1, 0.15) is 5.52 Å². The molecule has 0 amide bonds. The first kappa shape index (κ1) is 18.7. The predicted molar refractivity (Wildman–Crippen MR) is 109 cm³/mol. The van der Waals surface area contributed by atoms with Crippen LogP contribution >= 0.6 is 0 Å². The Morgan fingerprint density at radius 1 is 1.11 bits per heavy atom. The van der Waals surface area contributed by atoms with E-state index in [1.807, 2.05) is 0 Å². The zero-order valence-corrected chi connectivity index (χ0v) is 16.4. The lowest BCUT2D eigenvalue weighted by atomic mass is 10.1. The molecule has 3 heterocycles. The van der Waals surface area contributed by atoms with Crippen molar-refractivity contribution in [3.8, 4) is 6.01 Å². The second-order valence-corrected chi connectivity index (χ2v) is 7.41. The lowest BCUT2D eigenvalue weighted by Gasteiger charge is -2.14. The van der Waals surface area contributed by atoms with E-state index in [0.717, 1.165) is 24.9 Å². The molecule has 0 spiro atoms.